The van der Waals surface area contributed by atoms with Gasteiger partial charge in [0.25, 0.3) is 0 Å². The molecule has 1 atom stereocenters. The van der Waals surface area contributed by atoms with Crippen LogP contribution in [-0.4, -0.2) is 26.9 Å². The molecule has 0 bridgehead atoms. The van der Waals surface area contributed by atoms with Crippen LogP contribution in [-0.2, 0) is 4.74 Å². The van der Waals surface area contributed by atoms with Crippen LogP contribution in [0.4, 0.5) is 0 Å². The molecule has 0 aliphatic carbocycles. The summed E-state index contributed by atoms with van der Waals surface area (Å²) in [6.45, 7) is 6.30. The molecule has 3 heteroatoms. The lowest BCUT2D eigenvalue weighted by molar-refractivity contribution is 0.101. The standard InChI is InChI=1S/C14H23NO2/c1-4-8-16-9-10-17-14-7-5-6-13(11-14)12(2)15-3/h5-7,11-12,15H,4,8-10H2,1-3H3. The van der Waals surface area contributed by atoms with E-state index in [0.29, 0.717) is 19.3 Å². The first-order chi connectivity index (χ1) is 8.27. The molecule has 1 rings (SSSR count). The lowest BCUT2D eigenvalue weighted by atomic mass is 10.1. The summed E-state index contributed by atoms with van der Waals surface area (Å²) in [4.78, 5) is 0. The minimum Gasteiger partial charge on any atom is -0.491 e. The van der Waals surface area contributed by atoms with Crippen molar-refractivity contribution in [3.8, 4) is 5.75 Å². The molecule has 0 aromatic heterocycles. The predicted octanol–water partition coefficient (Wildman–Crippen LogP) is 2.77. The third kappa shape index (κ3) is 5.20. The first-order valence-corrected chi connectivity index (χ1v) is 6.25. The minimum absolute atomic E-state index is 0.342. The van der Waals surface area contributed by atoms with Gasteiger partial charge in [-0.2, -0.15) is 0 Å². The number of hydrogen-bond donors (Lipinski definition) is 1. The average molecular weight is 237 g/mol. The van der Waals surface area contributed by atoms with Crippen LogP contribution in [0.3, 0.4) is 0 Å². The van der Waals surface area contributed by atoms with Gasteiger partial charge in [0.1, 0.15) is 12.4 Å². The van der Waals surface area contributed by atoms with E-state index in [1.807, 2.05) is 19.2 Å². The van der Waals surface area contributed by atoms with Crippen molar-refractivity contribution < 1.29 is 9.47 Å². The van der Waals surface area contributed by atoms with Crippen LogP contribution >= 0.6 is 0 Å². The van der Waals surface area contributed by atoms with Crippen molar-refractivity contribution in [2.45, 2.75) is 26.3 Å². The molecule has 0 spiro atoms. The Hall–Kier alpha value is -1.06. The van der Waals surface area contributed by atoms with Gasteiger partial charge in [0, 0.05) is 12.6 Å². The molecule has 1 aromatic rings. The molecule has 0 heterocycles. The van der Waals surface area contributed by atoms with E-state index >= 15 is 0 Å². The van der Waals surface area contributed by atoms with Gasteiger partial charge in [-0.15, -0.1) is 0 Å². The largest absolute Gasteiger partial charge is 0.491 e. The van der Waals surface area contributed by atoms with E-state index in [2.05, 4.69) is 31.3 Å². The zero-order chi connectivity index (χ0) is 12.5. The summed E-state index contributed by atoms with van der Waals surface area (Å²) in [6.07, 6.45) is 1.05. The molecule has 1 unspecified atom stereocenters. The number of ether oxygens (including phenoxy) is 2. The van der Waals surface area contributed by atoms with E-state index in [-0.39, 0.29) is 0 Å². The monoisotopic (exact) mass is 237 g/mol. The molecular weight excluding hydrogens is 214 g/mol. The molecule has 0 amide bonds. The van der Waals surface area contributed by atoms with Gasteiger partial charge in [0.2, 0.25) is 0 Å². The normalized spacial score (nSPS) is 12.4. The highest BCUT2D eigenvalue weighted by atomic mass is 16.5. The molecule has 1 aromatic carbocycles. The average Bonchev–Trinajstić information content (AvgIpc) is 2.38. The lowest BCUT2D eigenvalue weighted by Gasteiger charge is -2.12. The Kier molecular flexibility index (Phi) is 6.67. The Morgan fingerprint density at radius 3 is 2.76 bits per heavy atom. The summed E-state index contributed by atoms with van der Waals surface area (Å²) in [5, 5.41) is 3.21. The maximum Gasteiger partial charge on any atom is 0.119 e. The first kappa shape index (κ1) is 14.0. The van der Waals surface area contributed by atoms with Crippen molar-refractivity contribution in [1.29, 1.82) is 0 Å². The Morgan fingerprint density at radius 1 is 1.24 bits per heavy atom. The number of nitrogens with one attached hydrogen (secondary N) is 1. The molecule has 17 heavy (non-hydrogen) atoms. The maximum absolute atomic E-state index is 5.64. The number of hydrogen-bond acceptors (Lipinski definition) is 3. The van der Waals surface area contributed by atoms with E-state index < -0.39 is 0 Å². The van der Waals surface area contributed by atoms with E-state index in [9.17, 15) is 0 Å². The van der Waals surface area contributed by atoms with Crippen LogP contribution < -0.4 is 10.1 Å². The summed E-state index contributed by atoms with van der Waals surface area (Å²) in [5.41, 5.74) is 1.24. The number of rotatable bonds is 8. The third-order valence-electron chi connectivity index (χ3n) is 2.64. The van der Waals surface area contributed by atoms with Crippen LogP contribution in [0.2, 0.25) is 0 Å². The fourth-order valence-electron chi connectivity index (χ4n) is 1.51. The number of benzene rings is 1. The summed E-state index contributed by atoms with van der Waals surface area (Å²) in [7, 11) is 1.96. The van der Waals surface area contributed by atoms with Gasteiger partial charge < -0.3 is 14.8 Å². The molecule has 1 N–H and O–H groups in total. The first-order valence-electron chi connectivity index (χ1n) is 6.25. The van der Waals surface area contributed by atoms with Crippen LogP contribution in [0.25, 0.3) is 0 Å². The predicted molar refractivity (Wildman–Crippen MR) is 70.5 cm³/mol. The van der Waals surface area contributed by atoms with Crippen LogP contribution in [0, 0.1) is 0 Å². The molecule has 0 saturated heterocycles. The second-order valence-corrected chi connectivity index (χ2v) is 4.04. The van der Waals surface area contributed by atoms with E-state index in [1.54, 1.807) is 0 Å². The zero-order valence-electron chi connectivity index (χ0n) is 11.0. The highest BCUT2D eigenvalue weighted by Gasteiger charge is 2.03. The van der Waals surface area contributed by atoms with Crippen molar-refractivity contribution in [2.75, 3.05) is 26.9 Å². The minimum atomic E-state index is 0.342. The van der Waals surface area contributed by atoms with Gasteiger partial charge in [0.15, 0.2) is 0 Å². The molecule has 96 valence electrons. The topological polar surface area (TPSA) is 30.5 Å². The maximum atomic E-state index is 5.64. The van der Waals surface area contributed by atoms with Crippen molar-refractivity contribution in [3.05, 3.63) is 29.8 Å². The SMILES string of the molecule is CCCOCCOc1cccc(C(C)NC)c1. The Balaban J connectivity index is 2.38. The lowest BCUT2D eigenvalue weighted by Crippen LogP contribution is -2.12. The quantitative estimate of drug-likeness (QED) is 0.705. The zero-order valence-corrected chi connectivity index (χ0v) is 11.0. The molecule has 0 saturated carbocycles. The van der Waals surface area contributed by atoms with Gasteiger partial charge in [-0.3, -0.25) is 0 Å². The Morgan fingerprint density at radius 2 is 2.06 bits per heavy atom. The second-order valence-electron chi connectivity index (χ2n) is 4.04. The summed E-state index contributed by atoms with van der Waals surface area (Å²) in [5.74, 6) is 0.907. The van der Waals surface area contributed by atoms with Crippen LogP contribution in [0.15, 0.2) is 24.3 Å². The van der Waals surface area contributed by atoms with Gasteiger partial charge in [0.05, 0.1) is 6.61 Å². The molecule has 3 nitrogen and oxygen atoms in total. The Labute approximate surface area is 104 Å². The smallest absolute Gasteiger partial charge is 0.119 e. The Bertz CT molecular complexity index is 315. The van der Waals surface area contributed by atoms with Gasteiger partial charge in [-0.1, -0.05) is 19.1 Å². The fraction of sp³-hybridized carbons (Fsp3) is 0.571. The van der Waals surface area contributed by atoms with Gasteiger partial charge in [-0.05, 0) is 38.1 Å². The van der Waals surface area contributed by atoms with Gasteiger partial charge in [-0.25, -0.2) is 0 Å². The molecule has 0 aliphatic heterocycles. The molecular formula is C14H23NO2. The summed E-state index contributed by atoms with van der Waals surface area (Å²) >= 11 is 0. The van der Waals surface area contributed by atoms with Crippen LogP contribution in [0.1, 0.15) is 31.9 Å². The van der Waals surface area contributed by atoms with Crippen molar-refractivity contribution in [3.63, 3.8) is 0 Å². The van der Waals surface area contributed by atoms with Crippen molar-refractivity contribution >= 4 is 0 Å². The molecule has 0 radical (unpaired) electrons. The molecule has 0 aliphatic rings. The highest BCUT2D eigenvalue weighted by Crippen LogP contribution is 2.18. The fourth-order valence-corrected chi connectivity index (χ4v) is 1.51. The van der Waals surface area contributed by atoms with Crippen molar-refractivity contribution in [1.82, 2.24) is 5.32 Å². The summed E-state index contributed by atoms with van der Waals surface area (Å²) in [6, 6.07) is 8.51. The van der Waals surface area contributed by atoms with E-state index in [0.717, 1.165) is 18.8 Å². The van der Waals surface area contributed by atoms with E-state index in [4.69, 9.17) is 9.47 Å². The van der Waals surface area contributed by atoms with Crippen LogP contribution in [0.5, 0.6) is 5.75 Å². The molecule has 0 fully saturated rings. The third-order valence-corrected chi connectivity index (χ3v) is 2.64. The summed E-state index contributed by atoms with van der Waals surface area (Å²) < 4.78 is 11.0. The second kappa shape index (κ2) is 8.09. The van der Waals surface area contributed by atoms with Gasteiger partial charge >= 0.3 is 0 Å². The van der Waals surface area contributed by atoms with E-state index in [1.165, 1.54) is 5.56 Å². The highest BCUT2D eigenvalue weighted by molar-refractivity contribution is 5.30. The van der Waals surface area contributed by atoms with Crippen molar-refractivity contribution in [2.24, 2.45) is 0 Å².